The third-order valence-electron chi connectivity index (χ3n) is 5.92. The number of rotatable bonds is 4. The Kier molecular flexibility index (Phi) is 6.15. The van der Waals surface area contributed by atoms with Crippen LogP contribution in [0.5, 0.6) is 0 Å². The molecular formula is C27H25ClN2O2. The Bertz CT molecular complexity index is 1190. The van der Waals surface area contributed by atoms with Gasteiger partial charge in [0.1, 0.15) is 12.6 Å². The monoisotopic (exact) mass is 444 g/mol. The number of piperazine rings is 1. The minimum absolute atomic E-state index is 0.0130. The van der Waals surface area contributed by atoms with Crippen LogP contribution >= 0.6 is 11.6 Å². The van der Waals surface area contributed by atoms with Gasteiger partial charge in [-0.15, -0.1) is 0 Å². The lowest BCUT2D eigenvalue weighted by Crippen LogP contribution is -2.61. The van der Waals surface area contributed by atoms with E-state index in [1.54, 1.807) is 34.1 Å². The number of hydrogen-bond donors (Lipinski definition) is 0. The Morgan fingerprint density at radius 1 is 0.938 bits per heavy atom. The SMILES string of the molecule is C/C(=C\c1ccccc1)[C@H]1C(=O)N(c2cccc(C)c2C)CC(=O)N1c1ccc(Cl)cc1. The van der Waals surface area contributed by atoms with Gasteiger partial charge in [-0.05, 0) is 73.4 Å². The summed E-state index contributed by atoms with van der Waals surface area (Å²) in [6, 6.07) is 21.9. The van der Waals surface area contributed by atoms with Crippen LogP contribution in [0.15, 0.2) is 78.4 Å². The molecular weight excluding hydrogens is 420 g/mol. The number of amides is 2. The highest BCUT2D eigenvalue weighted by Crippen LogP contribution is 2.32. The summed E-state index contributed by atoms with van der Waals surface area (Å²) >= 11 is 6.07. The van der Waals surface area contributed by atoms with Gasteiger partial charge >= 0.3 is 0 Å². The molecule has 0 aliphatic carbocycles. The molecule has 1 heterocycles. The van der Waals surface area contributed by atoms with E-state index in [4.69, 9.17) is 11.6 Å². The van der Waals surface area contributed by atoms with Crippen molar-refractivity contribution in [3.63, 3.8) is 0 Å². The third-order valence-corrected chi connectivity index (χ3v) is 6.17. The molecule has 0 radical (unpaired) electrons. The first-order valence-corrected chi connectivity index (χ1v) is 10.9. The van der Waals surface area contributed by atoms with E-state index < -0.39 is 6.04 Å². The molecule has 1 saturated heterocycles. The van der Waals surface area contributed by atoms with Gasteiger partial charge < -0.3 is 4.90 Å². The summed E-state index contributed by atoms with van der Waals surface area (Å²) in [5, 5.41) is 0.578. The first-order valence-electron chi connectivity index (χ1n) is 10.6. The summed E-state index contributed by atoms with van der Waals surface area (Å²) in [6.07, 6.45) is 1.96. The van der Waals surface area contributed by atoms with E-state index in [0.29, 0.717) is 10.7 Å². The predicted octanol–water partition coefficient (Wildman–Crippen LogP) is 5.81. The number of halogens is 1. The zero-order valence-corrected chi connectivity index (χ0v) is 19.1. The molecule has 1 fully saturated rings. The van der Waals surface area contributed by atoms with Crippen LogP contribution in [0.3, 0.4) is 0 Å². The maximum atomic E-state index is 13.9. The van der Waals surface area contributed by atoms with Gasteiger partial charge in [0.25, 0.3) is 5.91 Å². The van der Waals surface area contributed by atoms with E-state index in [1.807, 2.05) is 75.4 Å². The predicted molar refractivity (Wildman–Crippen MR) is 131 cm³/mol. The van der Waals surface area contributed by atoms with Gasteiger partial charge in [-0.2, -0.15) is 0 Å². The topological polar surface area (TPSA) is 40.6 Å². The second-order valence-electron chi connectivity index (χ2n) is 8.09. The number of aryl methyl sites for hydroxylation is 1. The lowest BCUT2D eigenvalue weighted by Gasteiger charge is -2.41. The number of benzene rings is 3. The van der Waals surface area contributed by atoms with Crippen molar-refractivity contribution < 1.29 is 9.59 Å². The number of carbonyl (C=O) groups excluding carboxylic acids is 2. The standard InChI is InChI=1S/C27H25ClN2O2/c1-18-8-7-11-24(20(18)3)29-17-25(31)30(23-14-12-22(28)13-15-23)26(27(29)32)19(2)16-21-9-5-4-6-10-21/h4-16,26H,17H2,1-3H3/b19-16+/t26-/m0/s1. The molecule has 162 valence electrons. The lowest BCUT2D eigenvalue weighted by atomic mass is 9.97. The summed E-state index contributed by atoms with van der Waals surface area (Å²) in [4.78, 5) is 30.5. The van der Waals surface area contributed by atoms with E-state index in [2.05, 4.69) is 0 Å². The van der Waals surface area contributed by atoms with Gasteiger partial charge in [0.05, 0.1) is 0 Å². The summed E-state index contributed by atoms with van der Waals surface area (Å²) in [6.45, 7) is 5.88. The van der Waals surface area contributed by atoms with Gasteiger partial charge in [0.15, 0.2) is 0 Å². The van der Waals surface area contributed by atoms with Gasteiger partial charge in [-0.1, -0.05) is 60.1 Å². The van der Waals surface area contributed by atoms with Crippen molar-refractivity contribution >= 4 is 40.9 Å². The molecule has 0 bridgehead atoms. The molecule has 3 aromatic carbocycles. The Hall–Kier alpha value is -3.37. The highest BCUT2D eigenvalue weighted by molar-refractivity contribution is 6.30. The number of anilines is 2. The minimum atomic E-state index is -0.752. The van der Waals surface area contributed by atoms with E-state index in [9.17, 15) is 9.59 Å². The van der Waals surface area contributed by atoms with Crippen LogP contribution in [0.25, 0.3) is 6.08 Å². The number of carbonyl (C=O) groups is 2. The molecule has 1 aliphatic rings. The Balaban J connectivity index is 1.82. The highest BCUT2D eigenvalue weighted by atomic mass is 35.5. The molecule has 1 aliphatic heterocycles. The van der Waals surface area contributed by atoms with Gasteiger partial charge in [-0.3, -0.25) is 14.5 Å². The van der Waals surface area contributed by atoms with Crippen LogP contribution in [0.2, 0.25) is 5.02 Å². The summed E-state index contributed by atoms with van der Waals surface area (Å²) in [5.41, 5.74) is 5.27. The van der Waals surface area contributed by atoms with Crippen molar-refractivity contribution in [1.29, 1.82) is 0 Å². The second-order valence-corrected chi connectivity index (χ2v) is 8.52. The zero-order chi connectivity index (χ0) is 22.8. The van der Waals surface area contributed by atoms with Crippen molar-refractivity contribution in [1.82, 2.24) is 0 Å². The molecule has 4 nitrogen and oxygen atoms in total. The second kappa shape index (κ2) is 9.01. The van der Waals surface area contributed by atoms with E-state index in [-0.39, 0.29) is 18.4 Å². The molecule has 1 atom stereocenters. The maximum absolute atomic E-state index is 13.9. The van der Waals surface area contributed by atoms with Gasteiger partial charge in [0, 0.05) is 16.4 Å². The van der Waals surface area contributed by atoms with Crippen molar-refractivity contribution in [2.24, 2.45) is 0 Å². The molecule has 2 amide bonds. The molecule has 32 heavy (non-hydrogen) atoms. The Labute approximate surface area is 193 Å². The molecule has 4 rings (SSSR count). The van der Waals surface area contributed by atoms with Crippen molar-refractivity contribution in [2.45, 2.75) is 26.8 Å². The van der Waals surface area contributed by atoms with Crippen molar-refractivity contribution in [3.8, 4) is 0 Å². The Morgan fingerprint density at radius 3 is 2.31 bits per heavy atom. The first kappa shape index (κ1) is 21.8. The Morgan fingerprint density at radius 2 is 1.62 bits per heavy atom. The minimum Gasteiger partial charge on any atom is -0.301 e. The normalized spacial score (nSPS) is 17.1. The molecule has 0 saturated carbocycles. The van der Waals surface area contributed by atoms with Crippen LogP contribution in [0.4, 0.5) is 11.4 Å². The first-order chi connectivity index (χ1) is 15.4. The quantitative estimate of drug-likeness (QED) is 0.509. The van der Waals surface area contributed by atoms with Crippen LogP contribution in [0.1, 0.15) is 23.6 Å². The van der Waals surface area contributed by atoms with Crippen LogP contribution in [0, 0.1) is 13.8 Å². The lowest BCUT2D eigenvalue weighted by molar-refractivity contribution is -0.127. The molecule has 0 spiro atoms. The van der Waals surface area contributed by atoms with Crippen LogP contribution in [-0.4, -0.2) is 24.4 Å². The van der Waals surface area contributed by atoms with E-state index in [1.165, 1.54) is 0 Å². The van der Waals surface area contributed by atoms with Crippen LogP contribution < -0.4 is 9.80 Å². The molecule has 5 heteroatoms. The molecule has 0 N–H and O–H groups in total. The zero-order valence-electron chi connectivity index (χ0n) is 18.4. The molecule has 0 aromatic heterocycles. The fourth-order valence-electron chi connectivity index (χ4n) is 4.11. The maximum Gasteiger partial charge on any atom is 0.254 e. The van der Waals surface area contributed by atoms with Crippen LogP contribution in [-0.2, 0) is 9.59 Å². The largest absolute Gasteiger partial charge is 0.301 e. The van der Waals surface area contributed by atoms with Gasteiger partial charge in [0.2, 0.25) is 5.91 Å². The third kappa shape index (κ3) is 4.19. The smallest absolute Gasteiger partial charge is 0.254 e. The van der Waals surface area contributed by atoms with E-state index >= 15 is 0 Å². The summed E-state index contributed by atoms with van der Waals surface area (Å²) in [7, 11) is 0. The fraction of sp³-hybridized carbons (Fsp3) is 0.185. The summed E-state index contributed by atoms with van der Waals surface area (Å²) in [5.74, 6) is -0.267. The van der Waals surface area contributed by atoms with E-state index in [0.717, 1.165) is 28.0 Å². The average molecular weight is 445 g/mol. The van der Waals surface area contributed by atoms with Crippen molar-refractivity contribution in [2.75, 3.05) is 16.3 Å². The number of nitrogens with zero attached hydrogens (tertiary/aromatic N) is 2. The fourth-order valence-corrected chi connectivity index (χ4v) is 4.23. The highest BCUT2D eigenvalue weighted by Gasteiger charge is 2.42. The molecule has 0 unspecified atom stereocenters. The number of hydrogen-bond acceptors (Lipinski definition) is 2. The molecule has 3 aromatic rings. The average Bonchev–Trinajstić information content (AvgIpc) is 2.78. The van der Waals surface area contributed by atoms with Gasteiger partial charge in [-0.25, -0.2) is 0 Å². The van der Waals surface area contributed by atoms with Crippen molar-refractivity contribution in [3.05, 3.63) is 100 Å². The summed E-state index contributed by atoms with van der Waals surface area (Å²) < 4.78 is 0.